The topological polar surface area (TPSA) is 34.9 Å². The molecule has 1 heterocycles. The first-order valence-corrected chi connectivity index (χ1v) is 7.37. The minimum absolute atomic E-state index is 0.128. The standard InChI is InChI=1S/C20H16N2O/c23-19(14-8-7-11-17-9-3-1-4-10-17)20-21-15-16-22(20)18-12-5-2-6-13-18/h1-16H/b11-7+,14-8+. The Hall–Kier alpha value is -3.20. The number of ketones is 1. The van der Waals surface area contributed by atoms with Crippen molar-refractivity contribution >= 4 is 11.9 Å². The van der Waals surface area contributed by atoms with Crippen LogP contribution in [0.1, 0.15) is 16.2 Å². The van der Waals surface area contributed by atoms with Crippen molar-refractivity contribution in [2.45, 2.75) is 0 Å². The molecule has 0 radical (unpaired) electrons. The van der Waals surface area contributed by atoms with Gasteiger partial charge in [-0.15, -0.1) is 0 Å². The number of allylic oxidation sites excluding steroid dienone is 3. The van der Waals surface area contributed by atoms with E-state index in [1.165, 1.54) is 6.08 Å². The first-order valence-electron chi connectivity index (χ1n) is 7.37. The van der Waals surface area contributed by atoms with Crippen LogP contribution in [0.5, 0.6) is 0 Å². The molecule has 3 aromatic rings. The van der Waals surface area contributed by atoms with Crippen molar-refractivity contribution in [1.29, 1.82) is 0 Å². The van der Waals surface area contributed by atoms with E-state index in [0.29, 0.717) is 5.82 Å². The maximum absolute atomic E-state index is 12.3. The van der Waals surface area contributed by atoms with Crippen molar-refractivity contribution < 1.29 is 4.79 Å². The molecule has 0 aliphatic heterocycles. The zero-order valence-corrected chi connectivity index (χ0v) is 12.5. The summed E-state index contributed by atoms with van der Waals surface area (Å²) in [5.74, 6) is 0.275. The predicted molar refractivity (Wildman–Crippen MR) is 92.5 cm³/mol. The van der Waals surface area contributed by atoms with E-state index >= 15 is 0 Å². The highest BCUT2D eigenvalue weighted by Gasteiger charge is 2.10. The number of para-hydroxylation sites is 1. The van der Waals surface area contributed by atoms with Gasteiger partial charge in [0.25, 0.3) is 0 Å². The van der Waals surface area contributed by atoms with Crippen LogP contribution in [0, 0.1) is 0 Å². The molecular weight excluding hydrogens is 284 g/mol. The molecule has 3 heteroatoms. The van der Waals surface area contributed by atoms with Gasteiger partial charge >= 0.3 is 0 Å². The number of rotatable bonds is 5. The van der Waals surface area contributed by atoms with Crippen LogP contribution in [0.25, 0.3) is 11.8 Å². The van der Waals surface area contributed by atoms with Gasteiger partial charge in [-0.2, -0.15) is 0 Å². The second-order valence-corrected chi connectivity index (χ2v) is 4.95. The fraction of sp³-hybridized carbons (Fsp3) is 0. The Morgan fingerprint density at radius 2 is 1.61 bits per heavy atom. The van der Waals surface area contributed by atoms with Crippen molar-refractivity contribution in [3.63, 3.8) is 0 Å². The van der Waals surface area contributed by atoms with Crippen LogP contribution in [0.4, 0.5) is 0 Å². The highest BCUT2D eigenvalue weighted by atomic mass is 16.1. The number of nitrogens with zero attached hydrogens (tertiary/aromatic N) is 2. The Morgan fingerprint density at radius 3 is 2.35 bits per heavy atom. The highest BCUT2D eigenvalue weighted by Crippen LogP contribution is 2.11. The molecule has 0 fully saturated rings. The van der Waals surface area contributed by atoms with Crippen molar-refractivity contribution in [3.05, 3.63) is 103 Å². The molecule has 0 saturated carbocycles. The summed E-state index contributed by atoms with van der Waals surface area (Å²) in [6.07, 6.45) is 10.5. The third-order valence-electron chi connectivity index (χ3n) is 3.34. The van der Waals surface area contributed by atoms with Crippen molar-refractivity contribution in [2.75, 3.05) is 0 Å². The zero-order chi connectivity index (χ0) is 15.9. The summed E-state index contributed by atoms with van der Waals surface area (Å²) in [7, 11) is 0. The molecule has 0 N–H and O–H groups in total. The number of benzene rings is 2. The molecule has 3 rings (SSSR count). The minimum atomic E-state index is -0.128. The molecular formula is C20H16N2O. The van der Waals surface area contributed by atoms with Gasteiger partial charge < -0.3 is 0 Å². The second kappa shape index (κ2) is 7.18. The Kier molecular flexibility index (Phi) is 4.60. The number of hydrogen-bond donors (Lipinski definition) is 0. The lowest BCUT2D eigenvalue weighted by atomic mass is 10.2. The molecule has 0 aliphatic rings. The molecule has 2 aromatic carbocycles. The lowest BCUT2D eigenvalue weighted by Gasteiger charge is -2.04. The van der Waals surface area contributed by atoms with E-state index in [2.05, 4.69) is 4.98 Å². The SMILES string of the molecule is O=C(/C=C/C=C/c1ccccc1)c1nccn1-c1ccccc1. The highest BCUT2D eigenvalue weighted by molar-refractivity contribution is 6.02. The zero-order valence-electron chi connectivity index (χ0n) is 12.5. The molecule has 0 unspecified atom stereocenters. The molecule has 0 bridgehead atoms. The lowest BCUT2D eigenvalue weighted by Crippen LogP contribution is -2.06. The van der Waals surface area contributed by atoms with E-state index in [-0.39, 0.29) is 5.78 Å². The van der Waals surface area contributed by atoms with Gasteiger partial charge in [0.1, 0.15) is 0 Å². The first-order chi connectivity index (χ1) is 11.3. The smallest absolute Gasteiger partial charge is 0.221 e. The molecule has 0 spiro atoms. The minimum Gasteiger partial charge on any atom is -0.297 e. The van der Waals surface area contributed by atoms with E-state index in [1.54, 1.807) is 23.0 Å². The summed E-state index contributed by atoms with van der Waals surface area (Å²) >= 11 is 0. The van der Waals surface area contributed by atoms with Crippen molar-refractivity contribution in [3.8, 4) is 5.69 Å². The van der Waals surface area contributed by atoms with Crippen LogP contribution in [0.15, 0.2) is 91.3 Å². The molecule has 0 atom stereocenters. The molecule has 3 nitrogen and oxygen atoms in total. The van der Waals surface area contributed by atoms with Crippen molar-refractivity contribution in [2.24, 2.45) is 0 Å². The second-order valence-electron chi connectivity index (χ2n) is 4.95. The summed E-state index contributed by atoms with van der Waals surface area (Å²) in [5, 5.41) is 0. The Labute approximate surface area is 135 Å². The van der Waals surface area contributed by atoms with Gasteiger partial charge in [0.2, 0.25) is 5.78 Å². The maximum atomic E-state index is 12.3. The molecule has 0 aliphatic carbocycles. The van der Waals surface area contributed by atoms with Crippen LogP contribution in [-0.4, -0.2) is 15.3 Å². The quantitative estimate of drug-likeness (QED) is 0.399. The van der Waals surface area contributed by atoms with Gasteiger partial charge in [0.05, 0.1) is 0 Å². The summed E-state index contributed by atoms with van der Waals surface area (Å²) in [6.45, 7) is 0. The molecule has 112 valence electrons. The van der Waals surface area contributed by atoms with E-state index in [1.807, 2.05) is 72.8 Å². The van der Waals surface area contributed by atoms with Gasteiger partial charge in [-0.1, -0.05) is 66.8 Å². The molecule has 1 aromatic heterocycles. The Bertz CT molecular complexity index is 830. The van der Waals surface area contributed by atoms with Crippen molar-refractivity contribution in [1.82, 2.24) is 9.55 Å². The predicted octanol–water partition coefficient (Wildman–Crippen LogP) is 4.32. The van der Waals surface area contributed by atoms with Crippen LogP contribution < -0.4 is 0 Å². The fourth-order valence-electron chi connectivity index (χ4n) is 2.23. The number of aromatic nitrogens is 2. The van der Waals surface area contributed by atoms with Crippen LogP contribution in [-0.2, 0) is 0 Å². The van der Waals surface area contributed by atoms with E-state index in [4.69, 9.17) is 0 Å². The Balaban J connectivity index is 1.73. The van der Waals surface area contributed by atoms with E-state index in [9.17, 15) is 4.79 Å². The average Bonchev–Trinajstić information content (AvgIpc) is 3.10. The molecule has 23 heavy (non-hydrogen) atoms. The van der Waals surface area contributed by atoms with Crippen LogP contribution in [0.3, 0.4) is 0 Å². The number of carbonyl (C=O) groups is 1. The number of imidazole rings is 1. The Morgan fingerprint density at radius 1 is 0.913 bits per heavy atom. The van der Waals surface area contributed by atoms with E-state index in [0.717, 1.165) is 11.3 Å². The van der Waals surface area contributed by atoms with Gasteiger partial charge in [-0.05, 0) is 23.8 Å². The number of carbonyl (C=O) groups excluding carboxylic acids is 1. The summed E-state index contributed by atoms with van der Waals surface area (Å²) < 4.78 is 1.79. The average molecular weight is 300 g/mol. The number of hydrogen-bond acceptors (Lipinski definition) is 2. The maximum Gasteiger partial charge on any atom is 0.221 e. The third kappa shape index (κ3) is 3.71. The summed E-state index contributed by atoms with van der Waals surface area (Å²) in [5.41, 5.74) is 2.01. The lowest BCUT2D eigenvalue weighted by molar-refractivity contribution is 0.103. The summed E-state index contributed by atoms with van der Waals surface area (Å²) in [4.78, 5) is 16.5. The largest absolute Gasteiger partial charge is 0.297 e. The van der Waals surface area contributed by atoms with Gasteiger partial charge in [0, 0.05) is 18.1 Å². The van der Waals surface area contributed by atoms with Gasteiger partial charge in [-0.25, -0.2) is 4.98 Å². The van der Waals surface area contributed by atoms with E-state index < -0.39 is 0 Å². The summed E-state index contributed by atoms with van der Waals surface area (Å²) in [6, 6.07) is 19.6. The van der Waals surface area contributed by atoms with Gasteiger partial charge in [0.15, 0.2) is 5.82 Å². The molecule has 0 saturated heterocycles. The monoisotopic (exact) mass is 300 g/mol. The third-order valence-corrected chi connectivity index (χ3v) is 3.34. The molecule has 0 amide bonds. The fourth-order valence-corrected chi connectivity index (χ4v) is 2.23. The normalized spacial score (nSPS) is 11.3. The van der Waals surface area contributed by atoms with Gasteiger partial charge in [-0.3, -0.25) is 9.36 Å². The van der Waals surface area contributed by atoms with Crippen LogP contribution >= 0.6 is 0 Å². The first kappa shape index (κ1) is 14.7. The van der Waals surface area contributed by atoms with Crippen LogP contribution in [0.2, 0.25) is 0 Å².